The molecule has 1 N–H and O–H groups in total. The van der Waals surface area contributed by atoms with Gasteiger partial charge in [0.05, 0.1) is 6.10 Å². The molecule has 0 aliphatic heterocycles. The Balaban J connectivity index is 3.23. The van der Waals surface area contributed by atoms with Crippen molar-refractivity contribution >= 4 is 0 Å². The summed E-state index contributed by atoms with van der Waals surface area (Å²) in [4.78, 5) is 0. The first kappa shape index (κ1) is 14.8. The Hall–Kier alpha value is -0.300. The van der Waals surface area contributed by atoms with Crippen LogP contribution in [0.4, 0.5) is 0 Å². The van der Waals surface area contributed by atoms with Crippen molar-refractivity contribution in [2.24, 2.45) is 22.2 Å². The topological polar surface area (TPSA) is 20.2 Å². The SMILES string of the molecule is CC1C=C(C(C)(C)C)C(O)C(C)(C(C)(C)C)C1. The molecule has 0 radical (unpaired) electrons. The normalized spacial score (nSPS) is 35.7. The second-order valence-corrected chi connectivity index (χ2v) is 8.12. The zero-order valence-electron chi connectivity index (χ0n) is 12.9. The van der Waals surface area contributed by atoms with Gasteiger partial charge in [0, 0.05) is 5.41 Å². The van der Waals surface area contributed by atoms with Crippen LogP contribution in [0.5, 0.6) is 0 Å². The largest absolute Gasteiger partial charge is 0.388 e. The highest BCUT2D eigenvalue weighted by Gasteiger charge is 2.49. The van der Waals surface area contributed by atoms with Gasteiger partial charge in [0.2, 0.25) is 0 Å². The number of aliphatic hydroxyl groups excluding tert-OH is 1. The third-order valence-corrected chi connectivity index (χ3v) is 4.69. The molecule has 0 heterocycles. The third-order valence-electron chi connectivity index (χ3n) is 4.69. The molecular formula is C16H30O. The van der Waals surface area contributed by atoms with E-state index in [0.29, 0.717) is 5.92 Å². The van der Waals surface area contributed by atoms with Gasteiger partial charge in [0.25, 0.3) is 0 Å². The van der Waals surface area contributed by atoms with Crippen LogP contribution in [-0.4, -0.2) is 11.2 Å². The van der Waals surface area contributed by atoms with Gasteiger partial charge in [-0.1, -0.05) is 61.5 Å². The molecule has 1 nitrogen and oxygen atoms in total. The van der Waals surface area contributed by atoms with Gasteiger partial charge >= 0.3 is 0 Å². The van der Waals surface area contributed by atoms with E-state index in [1.54, 1.807) is 0 Å². The molecule has 3 atom stereocenters. The fraction of sp³-hybridized carbons (Fsp3) is 0.875. The van der Waals surface area contributed by atoms with Gasteiger partial charge in [0.1, 0.15) is 0 Å². The molecular weight excluding hydrogens is 208 g/mol. The Morgan fingerprint density at radius 3 is 2.00 bits per heavy atom. The van der Waals surface area contributed by atoms with Crippen LogP contribution in [0.25, 0.3) is 0 Å². The predicted molar refractivity (Wildman–Crippen MR) is 74.9 cm³/mol. The lowest BCUT2D eigenvalue weighted by molar-refractivity contribution is -0.0495. The minimum Gasteiger partial charge on any atom is -0.388 e. The maximum absolute atomic E-state index is 10.8. The molecule has 0 saturated carbocycles. The summed E-state index contributed by atoms with van der Waals surface area (Å²) >= 11 is 0. The quantitative estimate of drug-likeness (QED) is 0.620. The maximum Gasteiger partial charge on any atom is 0.0814 e. The molecule has 0 saturated heterocycles. The Morgan fingerprint density at radius 1 is 1.18 bits per heavy atom. The number of rotatable bonds is 0. The van der Waals surface area contributed by atoms with Gasteiger partial charge in [-0.05, 0) is 28.7 Å². The lowest BCUT2D eigenvalue weighted by Gasteiger charge is -2.52. The summed E-state index contributed by atoms with van der Waals surface area (Å²) in [5, 5.41) is 10.8. The highest BCUT2D eigenvalue weighted by Crippen LogP contribution is 2.53. The molecule has 1 rings (SSSR count). The van der Waals surface area contributed by atoms with Crippen LogP contribution in [0.3, 0.4) is 0 Å². The highest BCUT2D eigenvalue weighted by atomic mass is 16.3. The van der Waals surface area contributed by atoms with E-state index in [0.717, 1.165) is 6.42 Å². The average Bonchev–Trinajstić information content (AvgIpc) is 2.07. The van der Waals surface area contributed by atoms with Crippen molar-refractivity contribution in [3.05, 3.63) is 11.6 Å². The summed E-state index contributed by atoms with van der Waals surface area (Å²) in [6.07, 6.45) is 3.04. The summed E-state index contributed by atoms with van der Waals surface area (Å²) in [5.41, 5.74) is 1.35. The molecule has 17 heavy (non-hydrogen) atoms. The zero-order chi connectivity index (χ0) is 13.6. The van der Waals surface area contributed by atoms with E-state index >= 15 is 0 Å². The van der Waals surface area contributed by atoms with Crippen LogP contribution in [0.15, 0.2) is 11.6 Å². The second kappa shape index (κ2) is 4.12. The Morgan fingerprint density at radius 2 is 1.65 bits per heavy atom. The standard InChI is InChI=1S/C16H30O/c1-11-9-12(14(2,3)4)13(17)16(8,10-11)15(5,6)7/h9,11,13,17H,10H2,1-8H3. The van der Waals surface area contributed by atoms with Crippen molar-refractivity contribution in [3.63, 3.8) is 0 Å². The van der Waals surface area contributed by atoms with E-state index in [9.17, 15) is 5.11 Å². The first-order chi connectivity index (χ1) is 7.39. The first-order valence-corrected chi connectivity index (χ1v) is 6.80. The molecule has 1 heteroatoms. The average molecular weight is 238 g/mol. The van der Waals surface area contributed by atoms with Crippen molar-refractivity contribution < 1.29 is 5.11 Å². The van der Waals surface area contributed by atoms with Crippen LogP contribution in [0.2, 0.25) is 0 Å². The minimum atomic E-state index is -0.321. The zero-order valence-corrected chi connectivity index (χ0v) is 12.9. The molecule has 0 aromatic rings. The van der Waals surface area contributed by atoms with E-state index in [1.807, 2.05) is 0 Å². The third kappa shape index (κ3) is 2.59. The smallest absolute Gasteiger partial charge is 0.0814 e. The molecule has 100 valence electrons. The van der Waals surface area contributed by atoms with E-state index in [4.69, 9.17) is 0 Å². The number of allylic oxidation sites excluding steroid dienone is 1. The summed E-state index contributed by atoms with van der Waals surface area (Å²) in [5.74, 6) is 0.553. The van der Waals surface area contributed by atoms with Crippen molar-refractivity contribution in [3.8, 4) is 0 Å². The summed E-state index contributed by atoms with van der Waals surface area (Å²) < 4.78 is 0. The molecule has 0 bridgehead atoms. The number of hydrogen-bond acceptors (Lipinski definition) is 1. The first-order valence-electron chi connectivity index (χ1n) is 6.80. The van der Waals surface area contributed by atoms with E-state index < -0.39 is 0 Å². The number of aliphatic hydroxyl groups is 1. The predicted octanol–water partition coefficient (Wildman–Crippen LogP) is 4.41. The highest BCUT2D eigenvalue weighted by molar-refractivity contribution is 5.25. The van der Waals surface area contributed by atoms with E-state index in [-0.39, 0.29) is 22.3 Å². The van der Waals surface area contributed by atoms with E-state index in [1.165, 1.54) is 5.57 Å². The summed E-state index contributed by atoms with van der Waals surface area (Å²) in [7, 11) is 0. The van der Waals surface area contributed by atoms with Gasteiger partial charge in [-0.3, -0.25) is 0 Å². The lowest BCUT2D eigenvalue weighted by atomic mass is 9.55. The van der Waals surface area contributed by atoms with Gasteiger partial charge in [-0.15, -0.1) is 0 Å². The molecule has 0 aromatic carbocycles. The van der Waals surface area contributed by atoms with Crippen molar-refractivity contribution in [1.29, 1.82) is 0 Å². The van der Waals surface area contributed by atoms with Crippen LogP contribution >= 0.6 is 0 Å². The molecule has 0 amide bonds. The van der Waals surface area contributed by atoms with Gasteiger partial charge in [-0.2, -0.15) is 0 Å². The van der Waals surface area contributed by atoms with Crippen molar-refractivity contribution in [2.45, 2.75) is 67.9 Å². The Bertz CT molecular complexity index is 313. The Kier molecular flexibility index (Phi) is 3.58. The molecule has 3 unspecified atom stereocenters. The fourth-order valence-electron chi connectivity index (χ4n) is 2.96. The maximum atomic E-state index is 10.8. The van der Waals surface area contributed by atoms with Crippen LogP contribution in [0, 0.1) is 22.2 Å². The molecule has 0 fully saturated rings. The second-order valence-electron chi connectivity index (χ2n) is 8.12. The minimum absolute atomic E-state index is 0.0379. The van der Waals surface area contributed by atoms with Crippen LogP contribution in [0.1, 0.15) is 61.8 Å². The summed E-state index contributed by atoms with van der Waals surface area (Å²) in [6, 6.07) is 0. The van der Waals surface area contributed by atoms with Crippen LogP contribution < -0.4 is 0 Å². The number of hydrogen-bond donors (Lipinski definition) is 1. The molecule has 1 aliphatic rings. The van der Waals surface area contributed by atoms with Crippen molar-refractivity contribution in [1.82, 2.24) is 0 Å². The summed E-state index contributed by atoms with van der Waals surface area (Å²) in [6.45, 7) is 17.8. The van der Waals surface area contributed by atoms with Gasteiger partial charge < -0.3 is 5.11 Å². The van der Waals surface area contributed by atoms with Crippen molar-refractivity contribution in [2.75, 3.05) is 0 Å². The molecule has 1 aliphatic carbocycles. The fourth-order valence-corrected chi connectivity index (χ4v) is 2.96. The van der Waals surface area contributed by atoms with Gasteiger partial charge in [-0.25, -0.2) is 0 Å². The van der Waals surface area contributed by atoms with E-state index in [2.05, 4.69) is 61.5 Å². The molecule has 0 spiro atoms. The lowest BCUT2D eigenvalue weighted by Crippen LogP contribution is -2.49. The van der Waals surface area contributed by atoms with Crippen LogP contribution in [-0.2, 0) is 0 Å². The van der Waals surface area contributed by atoms with Gasteiger partial charge in [0.15, 0.2) is 0 Å². The Labute approximate surface area is 107 Å². The monoisotopic (exact) mass is 238 g/mol. The molecule has 0 aromatic heterocycles.